The van der Waals surface area contributed by atoms with Gasteiger partial charge >= 0.3 is 0 Å². The minimum absolute atomic E-state index is 0.00809. The molecule has 5 heteroatoms. The minimum atomic E-state index is -0.410. The molecule has 0 fully saturated rings. The van der Waals surface area contributed by atoms with E-state index in [0.29, 0.717) is 12.2 Å². The molecule has 0 unspecified atom stereocenters. The number of nitrogens with one attached hydrogen (secondary N) is 1. The number of rotatable bonds is 6. The summed E-state index contributed by atoms with van der Waals surface area (Å²) in [6.45, 7) is 4.00. The van der Waals surface area contributed by atoms with E-state index in [1.165, 1.54) is 30.0 Å². The molecule has 0 spiro atoms. The molecule has 1 N–H and O–H groups in total. The maximum atomic E-state index is 13.0. The largest absolute Gasteiger partial charge is 0.334 e. The van der Waals surface area contributed by atoms with Crippen LogP contribution in [0.1, 0.15) is 26.7 Å². The second kappa shape index (κ2) is 7.51. The summed E-state index contributed by atoms with van der Waals surface area (Å²) in [4.78, 5) is 24.6. The van der Waals surface area contributed by atoms with E-state index in [1.54, 1.807) is 6.07 Å². The number of amides is 2. The first-order valence-corrected chi connectivity index (χ1v) is 6.34. The molecule has 1 aromatic rings. The van der Waals surface area contributed by atoms with Crippen molar-refractivity contribution in [2.24, 2.45) is 0 Å². The Hall–Kier alpha value is -1.91. The molecule has 2 amide bonds. The van der Waals surface area contributed by atoms with Crippen molar-refractivity contribution >= 4 is 17.5 Å². The van der Waals surface area contributed by atoms with E-state index in [-0.39, 0.29) is 18.4 Å². The van der Waals surface area contributed by atoms with E-state index in [0.717, 1.165) is 12.8 Å². The molecule has 4 nitrogen and oxygen atoms in total. The highest BCUT2D eigenvalue weighted by atomic mass is 19.1. The molecular weight excluding hydrogens is 247 g/mol. The second-order valence-electron chi connectivity index (χ2n) is 4.35. The molecule has 0 bridgehead atoms. The Bertz CT molecular complexity index is 449. The van der Waals surface area contributed by atoms with Crippen LogP contribution in [0.4, 0.5) is 10.1 Å². The Morgan fingerprint density at radius 3 is 2.68 bits per heavy atom. The monoisotopic (exact) mass is 266 g/mol. The summed E-state index contributed by atoms with van der Waals surface area (Å²) in [7, 11) is 0. The van der Waals surface area contributed by atoms with Crippen LogP contribution in [-0.2, 0) is 9.59 Å². The van der Waals surface area contributed by atoms with Crippen LogP contribution in [0, 0.1) is 5.82 Å². The third kappa shape index (κ3) is 5.50. The number of unbranched alkanes of at least 4 members (excludes halogenated alkanes) is 1. The number of carbonyl (C=O) groups excluding carboxylic acids is 2. The molecule has 0 aliphatic carbocycles. The standard InChI is InChI=1S/C14H19FN2O2/c1-3-4-8-17(11(2)18)10-14(19)16-13-7-5-6-12(15)9-13/h5-7,9H,3-4,8,10H2,1-2H3,(H,16,19). The summed E-state index contributed by atoms with van der Waals surface area (Å²) in [5, 5.41) is 2.57. The van der Waals surface area contributed by atoms with Crippen molar-refractivity contribution in [2.75, 3.05) is 18.4 Å². The molecular formula is C14H19FN2O2. The first kappa shape index (κ1) is 15.1. The van der Waals surface area contributed by atoms with Gasteiger partial charge in [0.1, 0.15) is 5.82 Å². The van der Waals surface area contributed by atoms with Gasteiger partial charge in [-0.15, -0.1) is 0 Å². The molecule has 1 aromatic carbocycles. The maximum Gasteiger partial charge on any atom is 0.243 e. The lowest BCUT2D eigenvalue weighted by atomic mass is 10.3. The van der Waals surface area contributed by atoms with Crippen molar-refractivity contribution < 1.29 is 14.0 Å². The number of benzene rings is 1. The highest BCUT2D eigenvalue weighted by Gasteiger charge is 2.13. The van der Waals surface area contributed by atoms with Crippen molar-refractivity contribution in [1.82, 2.24) is 4.90 Å². The number of halogens is 1. The Morgan fingerprint density at radius 2 is 2.11 bits per heavy atom. The third-order valence-corrected chi connectivity index (χ3v) is 2.67. The van der Waals surface area contributed by atoms with Gasteiger partial charge in [0, 0.05) is 19.2 Å². The Morgan fingerprint density at radius 1 is 1.37 bits per heavy atom. The van der Waals surface area contributed by atoms with Crippen LogP contribution in [0.5, 0.6) is 0 Å². The van der Waals surface area contributed by atoms with Crippen molar-refractivity contribution in [3.05, 3.63) is 30.1 Å². The van der Waals surface area contributed by atoms with Gasteiger partial charge in [-0.1, -0.05) is 19.4 Å². The average Bonchev–Trinajstić information content (AvgIpc) is 2.34. The fourth-order valence-electron chi connectivity index (χ4n) is 1.64. The predicted molar refractivity (Wildman–Crippen MR) is 72.2 cm³/mol. The number of hydrogen-bond donors (Lipinski definition) is 1. The van der Waals surface area contributed by atoms with Gasteiger partial charge in [0.25, 0.3) is 0 Å². The van der Waals surface area contributed by atoms with Gasteiger partial charge < -0.3 is 10.2 Å². The minimum Gasteiger partial charge on any atom is -0.334 e. The van der Waals surface area contributed by atoms with Crippen LogP contribution < -0.4 is 5.32 Å². The van der Waals surface area contributed by atoms with Gasteiger partial charge in [-0.2, -0.15) is 0 Å². The normalized spacial score (nSPS) is 10.1. The second-order valence-corrected chi connectivity index (χ2v) is 4.35. The van der Waals surface area contributed by atoms with E-state index >= 15 is 0 Å². The summed E-state index contributed by atoms with van der Waals surface area (Å²) < 4.78 is 13.0. The molecule has 104 valence electrons. The Labute approximate surface area is 112 Å². The lowest BCUT2D eigenvalue weighted by molar-refractivity contribution is -0.132. The van der Waals surface area contributed by atoms with Crippen molar-refractivity contribution in [2.45, 2.75) is 26.7 Å². The topological polar surface area (TPSA) is 49.4 Å². The summed E-state index contributed by atoms with van der Waals surface area (Å²) >= 11 is 0. The fourth-order valence-corrected chi connectivity index (χ4v) is 1.64. The quantitative estimate of drug-likeness (QED) is 0.859. The van der Waals surface area contributed by atoms with E-state index in [2.05, 4.69) is 5.32 Å². The molecule has 1 rings (SSSR count). The highest BCUT2D eigenvalue weighted by Crippen LogP contribution is 2.09. The molecule has 0 saturated heterocycles. The molecule has 19 heavy (non-hydrogen) atoms. The molecule has 0 aliphatic heterocycles. The van der Waals surface area contributed by atoms with E-state index in [4.69, 9.17) is 0 Å². The smallest absolute Gasteiger partial charge is 0.243 e. The third-order valence-electron chi connectivity index (χ3n) is 2.67. The SMILES string of the molecule is CCCCN(CC(=O)Nc1cccc(F)c1)C(C)=O. The van der Waals surface area contributed by atoms with Crippen LogP contribution in [0.15, 0.2) is 24.3 Å². The number of hydrogen-bond acceptors (Lipinski definition) is 2. The summed E-state index contributed by atoms with van der Waals surface area (Å²) in [6, 6.07) is 5.66. The molecule has 0 aromatic heterocycles. The lowest BCUT2D eigenvalue weighted by Gasteiger charge is -2.20. The van der Waals surface area contributed by atoms with Crippen LogP contribution in [0.25, 0.3) is 0 Å². The zero-order valence-electron chi connectivity index (χ0n) is 11.3. The number of carbonyl (C=O) groups is 2. The number of nitrogens with zero attached hydrogens (tertiary/aromatic N) is 1. The summed E-state index contributed by atoms with van der Waals surface area (Å²) in [5.74, 6) is -0.869. The van der Waals surface area contributed by atoms with Crippen LogP contribution >= 0.6 is 0 Å². The zero-order chi connectivity index (χ0) is 14.3. The fraction of sp³-hybridized carbons (Fsp3) is 0.429. The zero-order valence-corrected chi connectivity index (χ0v) is 11.3. The van der Waals surface area contributed by atoms with Crippen molar-refractivity contribution in [3.63, 3.8) is 0 Å². The lowest BCUT2D eigenvalue weighted by Crippen LogP contribution is -2.37. The Kier molecular flexibility index (Phi) is 5.99. The van der Waals surface area contributed by atoms with E-state index in [9.17, 15) is 14.0 Å². The van der Waals surface area contributed by atoms with Gasteiger partial charge in [0.2, 0.25) is 11.8 Å². The molecule has 0 saturated carbocycles. The summed E-state index contributed by atoms with van der Waals surface area (Å²) in [5.41, 5.74) is 0.393. The molecule has 0 radical (unpaired) electrons. The highest BCUT2D eigenvalue weighted by molar-refractivity contribution is 5.94. The summed E-state index contributed by atoms with van der Waals surface area (Å²) in [6.07, 6.45) is 1.81. The van der Waals surface area contributed by atoms with Gasteiger partial charge in [-0.25, -0.2) is 4.39 Å². The molecule has 0 aliphatic rings. The van der Waals surface area contributed by atoms with Crippen molar-refractivity contribution in [3.8, 4) is 0 Å². The van der Waals surface area contributed by atoms with Crippen LogP contribution in [0.3, 0.4) is 0 Å². The predicted octanol–water partition coefficient (Wildman–Crippen LogP) is 2.41. The van der Waals surface area contributed by atoms with Crippen molar-refractivity contribution in [1.29, 1.82) is 0 Å². The maximum absolute atomic E-state index is 13.0. The van der Waals surface area contributed by atoms with Gasteiger partial charge in [0.15, 0.2) is 0 Å². The van der Waals surface area contributed by atoms with Gasteiger partial charge in [-0.3, -0.25) is 9.59 Å². The first-order valence-electron chi connectivity index (χ1n) is 6.34. The van der Waals surface area contributed by atoms with Crippen LogP contribution in [-0.4, -0.2) is 29.8 Å². The van der Waals surface area contributed by atoms with Gasteiger partial charge in [0.05, 0.1) is 6.54 Å². The van der Waals surface area contributed by atoms with E-state index < -0.39 is 5.82 Å². The van der Waals surface area contributed by atoms with Crippen LogP contribution in [0.2, 0.25) is 0 Å². The average molecular weight is 266 g/mol. The molecule has 0 atom stereocenters. The number of anilines is 1. The Balaban J connectivity index is 2.55. The molecule has 0 heterocycles. The van der Waals surface area contributed by atoms with E-state index in [1.807, 2.05) is 6.92 Å². The van der Waals surface area contributed by atoms with Gasteiger partial charge in [-0.05, 0) is 24.6 Å². The first-order chi connectivity index (χ1) is 9.02.